The fourth-order valence-corrected chi connectivity index (χ4v) is 7.51. The van der Waals surface area contributed by atoms with Crippen molar-refractivity contribution in [2.75, 3.05) is 40.0 Å². The number of benzene rings is 2. The summed E-state index contributed by atoms with van der Waals surface area (Å²) in [5.41, 5.74) is 2.00. The van der Waals surface area contributed by atoms with Crippen molar-refractivity contribution in [1.29, 1.82) is 0 Å². The summed E-state index contributed by atoms with van der Waals surface area (Å²) >= 11 is 0. The molecule has 0 saturated carbocycles. The van der Waals surface area contributed by atoms with Crippen molar-refractivity contribution in [2.24, 2.45) is 11.8 Å². The lowest BCUT2D eigenvalue weighted by atomic mass is 9.81. The van der Waals surface area contributed by atoms with Crippen LogP contribution in [-0.4, -0.2) is 131 Å². The Labute approximate surface area is 273 Å². The van der Waals surface area contributed by atoms with Crippen molar-refractivity contribution in [2.45, 2.75) is 73.4 Å². The molecule has 8 rings (SSSR count). The van der Waals surface area contributed by atoms with Gasteiger partial charge in [-0.3, -0.25) is 0 Å². The molecular weight excluding hydrogens is 640 g/mol. The molecule has 0 amide bonds. The third-order valence-corrected chi connectivity index (χ3v) is 10.2. The quantitative estimate of drug-likeness (QED) is 0.178. The summed E-state index contributed by atoms with van der Waals surface area (Å²) in [6.07, 6.45) is -15.7. The van der Waals surface area contributed by atoms with Crippen molar-refractivity contribution in [3.63, 3.8) is 0 Å². The van der Waals surface area contributed by atoms with E-state index in [4.69, 9.17) is 42.6 Å². The van der Waals surface area contributed by atoms with Crippen molar-refractivity contribution in [3.8, 4) is 23.0 Å². The van der Waals surface area contributed by atoms with E-state index in [-0.39, 0.29) is 31.5 Å². The van der Waals surface area contributed by atoms with Gasteiger partial charge in [-0.15, -0.1) is 0 Å². The zero-order valence-electron chi connectivity index (χ0n) is 25.5. The van der Waals surface area contributed by atoms with Crippen LogP contribution in [0.3, 0.4) is 0 Å². The van der Waals surface area contributed by atoms with E-state index < -0.39 is 80.5 Å². The predicted molar refractivity (Wildman–Crippen MR) is 155 cm³/mol. The fraction of sp³-hybridized carbons (Fsp3) is 0.625. The Kier molecular flexibility index (Phi) is 8.63. The van der Waals surface area contributed by atoms with E-state index in [1.54, 1.807) is 12.1 Å². The van der Waals surface area contributed by atoms with Gasteiger partial charge in [0.25, 0.3) is 0 Å². The first-order chi connectivity index (χ1) is 23.2. The second-order valence-electron chi connectivity index (χ2n) is 12.9. The van der Waals surface area contributed by atoms with Gasteiger partial charge in [0.2, 0.25) is 13.6 Å². The van der Waals surface area contributed by atoms with Gasteiger partial charge in [-0.05, 0) is 41.0 Å². The minimum Gasteiger partial charge on any atom is -0.454 e. The van der Waals surface area contributed by atoms with Crippen molar-refractivity contribution in [3.05, 3.63) is 47.0 Å². The van der Waals surface area contributed by atoms with Crippen LogP contribution >= 0.6 is 0 Å². The van der Waals surface area contributed by atoms with E-state index in [9.17, 15) is 35.7 Å². The summed E-state index contributed by atoms with van der Waals surface area (Å²) in [5, 5.41) is 73.2. The Bertz CT molecular complexity index is 1490. The highest BCUT2D eigenvalue weighted by Crippen LogP contribution is 2.54. The monoisotopic (exact) mass is 678 g/mol. The standard InChI is InChI=1S/C32H38O16/c33-6-21-23(34)26(37)28(39)32(48-21)42-9-22-24(35)25(36)27(38)31(47-22)14-5-20-19(45-11-46-20)4-13(14)30-16-8-40-29(15(16)7-41-30)12-1-2-17-18(3-12)44-10-43-17/h1-5,15-16,21-39H,6-11H2/t15-,16-,21+,22+,23+,24+,25-,26-,27+,28+,29+,30+,31-,32+/m0/s1. The Balaban J connectivity index is 1.05. The Morgan fingerprint density at radius 1 is 0.583 bits per heavy atom. The molecule has 6 aliphatic heterocycles. The molecule has 16 nitrogen and oxygen atoms in total. The van der Waals surface area contributed by atoms with Crippen molar-refractivity contribution >= 4 is 0 Å². The van der Waals surface area contributed by atoms with E-state index in [0.29, 0.717) is 47.3 Å². The maximum atomic E-state index is 11.3. The maximum Gasteiger partial charge on any atom is 0.231 e. The Morgan fingerprint density at radius 2 is 1.17 bits per heavy atom. The molecule has 7 N–H and O–H groups in total. The third kappa shape index (κ3) is 5.40. The zero-order valence-corrected chi connectivity index (χ0v) is 25.5. The van der Waals surface area contributed by atoms with Crippen LogP contribution in [-0.2, 0) is 23.7 Å². The van der Waals surface area contributed by atoms with Crippen molar-refractivity contribution in [1.82, 2.24) is 0 Å². The summed E-state index contributed by atoms with van der Waals surface area (Å²) in [5.74, 6) is 2.09. The first-order valence-corrected chi connectivity index (χ1v) is 15.9. The largest absolute Gasteiger partial charge is 0.454 e. The van der Waals surface area contributed by atoms with Gasteiger partial charge in [0, 0.05) is 11.8 Å². The van der Waals surface area contributed by atoms with E-state index in [1.807, 2.05) is 18.2 Å². The number of fused-ring (bicyclic) bond motifs is 3. The van der Waals surface area contributed by atoms with Crippen LogP contribution in [0.25, 0.3) is 0 Å². The average Bonchev–Trinajstić information content (AvgIpc) is 3.91. The highest BCUT2D eigenvalue weighted by molar-refractivity contribution is 5.51. The molecule has 6 heterocycles. The van der Waals surface area contributed by atoms with Crippen LogP contribution in [0.2, 0.25) is 0 Å². The Morgan fingerprint density at radius 3 is 1.88 bits per heavy atom. The average molecular weight is 679 g/mol. The van der Waals surface area contributed by atoms with Crippen LogP contribution in [0.5, 0.6) is 23.0 Å². The molecule has 0 spiro atoms. The second kappa shape index (κ2) is 12.8. The number of hydrogen-bond acceptors (Lipinski definition) is 16. The molecule has 4 fully saturated rings. The lowest BCUT2D eigenvalue weighted by molar-refractivity contribution is -0.314. The molecule has 2 aromatic rings. The van der Waals surface area contributed by atoms with Crippen LogP contribution < -0.4 is 18.9 Å². The van der Waals surface area contributed by atoms with Crippen LogP contribution in [0.4, 0.5) is 0 Å². The molecule has 0 unspecified atom stereocenters. The number of rotatable bonds is 7. The first kappa shape index (κ1) is 32.4. The Hall–Kier alpha value is -2.84. The normalized spacial score (nSPS) is 41.5. The van der Waals surface area contributed by atoms with Gasteiger partial charge < -0.3 is 78.4 Å². The summed E-state index contributed by atoms with van der Waals surface area (Å²) in [6, 6.07) is 9.15. The molecule has 262 valence electrons. The van der Waals surface area contributed by atoms with Gasteiger partial charge in [0.1, 0.15) is 54.9 Å². The topological polar surface area (TPSA) is 225 Å². The summed E-state index contributed by atoms with van der Waals surface area (Å²) in [7, 11) is 0. The molecule has 48 heavy (non-hydrogen) atoms. The molecule has 0 radical (unpaired) electrons. The van der Waals surface area contributed by atoms with Crippen LogP contribution in [0.1, 0.15) is 35.0 Å². The van der Waals surface area contributed by atoms with Gasteiger partial charge in [0.05, 0.1) is 38.6 Å². The van der Waals surface area contributed by atoms with Gasteiger partial charge >= 0.3 is 0 Å². The molecule has 0 aromatic heterocycles. The minimum absolute atomic E-state index is 0.0158. The van der Waals surface area contributed by atoms with E-state index in [0.717, 1.165) is 5.56 Å². The van der Waals surface area contributed by atoms with E-state index >= 15 is 0 Å². The minimum atomic E-state index is -1.68. The van der Waals surface area contributed by atoms with Gasteiger partial charge in [0.15, 0.2) is 29.3 Å². The number of aliphatic hydroxyl groups is 7. The first-order valence-electron chi connectivity index (χ1n) is 15.9. The van der Waals surface area contributed by atoms with Crippen LogP contribution in [0.15, 0.2) is 30.3 Å². The molecule has 6 aliphatic rings. The van der Waals surface area contributed by atoms with E-state index in [2.05, 4.69) is 0 Å². The molecule has 0 bridgehead atoms. The van der Waals surface area contributed by atoms with Crippen molar-refractivity contribution < 1.29 is 78.4 Å². The zero-order chi connectivity index (χ0) is 33.3. The highest BCUT2D eigenvalue weighted by atomic mass is 16.7. The molecular formula is C32H38O16. The third-order valence-electron chi connectivity index (χ3n) is 10.2. The lowest BCUT2D eigenvalue weighted by Crippen LogP contribution is -2.60. The molecule has 14 atom stereocenters. The van der Waals surface area contributed by atoms with Gasteiger partial charge in [-0.2, -0.15) is 0 Å². The lowest BCUT2D eigenvalue weighted by Gasteiger charge is -2.43. The highest BCUT2D eigenvalue weighted by Gasteiger charge is 2.52. The number of aliphatic hydroxyl groups excluding tert-OH is 7. The molecule has 16 heteroatoms. The van der Waals surface area contributed by atoms with Crippen LogP contribution in [0, 0.1) is 11.8 Å². The fourth-order valence-electron chi connectivity index (χ4n) is 7.51. The number of hydrogen-bond donors (Lipinski definition) is 7. The summed E-state index contributed by atoms with van der Waals surface area (Å²) in [4.78, 5) is 0. The molecule has 0 aliphatic carbocycles. The maximum absolute atomic E-state index is 11.3. The smallest absolute Gasteiger partial charge is 0.231 e. The predicted octanol–water partition coefficient (Wildman–Crippen LogP) is -1.44. The van der Waals surface area contributed by atoms with E-state index in [1.165, 1.54) is 0 Å². The second-order valence-corrected chi connectivity index (χ2v) is 12.9. The van der Waals surface area contributed by atoms with Gasteiger partial charge in [-0.1, -0.05) is 6.07 Å². The molecule has 2 aromatic carbocycles. The number of ether oxygens (including phenoxy) is 9. The summed E-state index contributed by atoms with van der Waals surface area (Å²) in [6.45, 7) is -0.201. The van der Waals surface area contributed by atoms with Gasteiger partial charge in [-0.25, -0.2) is 0 Å². The molecule has 4 saturated heterocycles. The SMILES string of the molecule is OC[C@H]1O[C@@H](OC[C@H]2O[C@@H](c3cc4c(cc3[C@H]3OC[C@H]5[C@@H]3CO[C@@H]5c3ccc5c(c3)OCO5)OCO4)[C@H](O)[C@@H](O)[C@@H]2O)[C@H](O)[C@@H](O)[C@@H]1O. The summed E-state index contributed by atoms with van der Waals surface area (Å²) < 4.78 is 52.3.